The van der Waals surface area contributed by atoms with Crippen LogP contribution in [0.25, 0.3) is 0 Å². The number of halogens is 3. The summed E-state index contributed by atoms with van der Waals surface area (Å²) in [7, 11) is 0. The lowest BCUT2D eigenvalue weighted by molar-refractivity contribution is -0.141. The van der Waals surface area contributed by atoms with Crippen LogP contribution in [-0.4, -0.2) is 34.5 Å². The van der Waals surface area contributed by atoms with Crippen molar-refractivity contribution in [2.75, 3.05) is 18.1 Å². The molecule has 1 saturated heterocycles. The Morgan fingerprint density at radius 2 is 2.12 bits per heavy atom. The summed E-state index contributed by atoms with van der Waals surface area (Å²) >= 11 is 0. The molecule has 17 heavy (non-hydrogen) atoms. The van der Waals surface area contributed by atoms with E-state index >= 15 is 0 Å². The average molecular weight is 247 g/mol. The van der Waals surface area contributed by atoms with Crippen molar-refractivity contribution in [2.24, 2.45) is 0 Å². The first-order chi connectivity index (χ1) is 8.02. The normalized spacial score (nSPS) is 20.9. The van der Waals surface area contributed by atoms with Crippen molar-refractivity contribution in [1.82, 2.24) is 10.2 Å². The molecule has 0 saturated carbocycles. The molecule has 1 fully saturated rings. The zero-order valence-corrected chi connectivity index (χ0v) is 8.98. The SMILES string of the molecule is OC[C@H]1CCCN1c1ccc(C(F)(F)F)nn1. The molecule has 0 aliphatic carbocycles. The van der Waals surface area contributed by atoms with Crippen molar-refractivity contribution in [1.29, 1.82) is 0 Å². The summed E-state index contributed by atoms with van der Waals surface area (Å²) < 4.78 is 36.9. The van der Waals surface area contributed by atoms with Gasteiger partial charge in [0.15, 0.2) is 11.5 Å². The number of hydrogen-bond donors (Lipinski definition) is 1. The van der Waals surface area contributed by atoms with Crippen LogP contribution in [0.4, 0.5) is 19.0 Å². The van der Waals surface area contributed by atoms with E-state index in [1.807, 2.05) is 0 Å². The monoisotopic (exact) mass is 247 g/mol. The Kier molecular flexibility index (Phi) is 3.19. The van der Waals surface area contributed by atoms with Crippen LogP contribution in [0.3, 0.4) is 0 Å². The van der Waals surface area contributed by atoms with Gasteiger partial charge in [-0.25, -0.2) is 0 Å². The van der Waals surface area contributed by atoms with Crippen molar-refractivity contribution in [3.8, 4) is 0 Å². The molecule has 1 aliphatic heterocycles. The van der Waals surface area contributed by atoms with Crippen LogP contribution < -0.4 is 4.90 Å². The predicted octanol–water partition coefficient (Wildman–Crippen LogP) is 1.46. The van der Waals surface area contributed by atoms with E-state index in [4.69, 9.17) is 5.11 Å². The van der Waals surface area contributed by atoms with Gasteiger partial charge in [0, 0.05) is 6.54 Å². The highest BCUT2D eigenvalue weighted by Crippen LogP contribution is 2.29. The molecule has 0 amide bonds. The van der Waals surface area contributed by atoms with E-state index < -0.39 is 11.9 Å². The second-order valence-electron chi connectivity index (χ2n) is 3.95. The summed E-state index contributed by atoms with van der Waals surface area (Å²) in [6, 6.07) is 2.14. The van der Waals surface area contributed by atoms with Crippen LogP contribution >= 0.6 is 0 Å². The third-order valence-corrected chi connectivity index (χ3v) is 2.82. The van der Waals surface area contributed by atoms with Gasteiger partial charge in [0.05, 0.1) is 12.6 Å². The molecule has 2 rings (SSSR count). The molecule has 0 unspecified atom stereocenters. The number of aliphatic hydroxyl groups excluding tert-OH is 1. The number of anilines is 1. The molecule has 1 aliphatic rings. The molecule has 0 bridgehead atoms. The van der Waals surface area contributed by atoms with Gasteiger partial charge in [-0.05, 0) is 25.0 Å². The number of rotatable bonds is 2. The van der Waals surface area contributed by atoms with Gasteiger partial charge in [-0.3, -0.25) is 0 Å². The maximum atomic E-state index is 12.3. The maximum absolute atomic E-state index is 12.3. The summed E-state index contributed by atoms with van der Waals surface area (Å²) in [5, 5.41) is 15.8. The predicted molar refractivity (Wildman–Crippen MR) is 54.5 cm³/mol. The number of aliphatic hydroxyl groups is 1. The molecule has 1 N–H and O–H groups in total. The van der Waals surface area contributed by atoms with Gasteiger partial charge in [-0.2, -0.15) is 13.2 Å². The molecular formula is C10H12F3N3O. The van der Waals surface area contributed by atoms with Gasteiger partial charge in [-0.15, -0.1) is 10.2 Å². The summed E-state index contributed by atoms with van der Waals surface area (Å²) in [6.07, 6.45) is -2.75. The van der Waals surface area contributed by atoms with Crippen LogP contribution in [0, 0.1) is 0 Å². The number of hydrogen-bond acceptors (Lipinski definition) is 4. The molecule has 2 heterocycles. The summed E-state index contributed by atoms with van der Waals surface area (Å²) in [5.74, 6) is 0.384. The first-order valence-corrected chi connectivity index (χ1v) is 5.31. The topological polar surface area (TPSA) is 49.2 Å². The Morgan fingerprint density at radius 1 is 1.35 bits per heavy atom. The van der Waals surface area contributed by atoms with Crippen molar-refractivity contribution < 1.29 is 18.3 Å². The molecule has 0 radical (unpaired) electrons. The molecule has 0 aromatic carbocycles. The maximum Gasteiger partial charge on any atom is 0.435 e. The van der Waals surface area contributed by atoms with E-state index in [-0.39, 0.29) is 12.6 Å². The zero-order chi connectivity index (χ0) is 12.5. The summed E-state index contributed by atoms with van der Waals surface area (Å²) in [4.78, 5) is 1.78. The first kappa shape index (κ1) is 12.1. The van der Waals surface area contributed by atoms with E-state index in [0.717, 1.165) is 18.9 Å². The third kappa shape index (κ3) is 2.49. The van der Waals surface area contributed by atoms with Crippen molar-refractivity contribution in [3.05, 3.63) is 17.8 Å². The highest BCUT2D eigenvalue weighted by Gasteiger charge is 2.33. The van der Waals surface area contributed by atoms with E-state index in [1.165, 1.54) is 6.07 Å². The molecule has 0 spiro atoms. The van der Waals surface area contributed by atoms with E-state index in [0.29, 0.717) is 12.4 Å². The van der Waals surface area contributed by atoms with E-state index in [2.05, 4.69) is 10.2 Å². The molecule has 4 nitrogen and oxygen atoms in total. The van der Waals surface area contributed by atoms with Crippen LogP contribution in [0.1, 0.15) is 18.5 Å². The number of alkyl halides is 3. The Morgan fingerprint density at radius 3 is 2.65 bits per heavy atom. The molecule has 1 aromatic rings. The second-order valence-corrected chi connectivity index (χ2v) is 3.95. The fraction of sp³-hybridized carbons (Fsp3) is 0.600. The van der Waals surface area contributed by atoms with Gasteiger partial charge in [0.2, 0.25) is 0 Å². The minimum Gasteiger partial charge on any atom is -0.394 e. The number of aromatic nitrogens is 2. The fourth-order valence-electron chi connectivity index (χ4n) is 1.96. The van der Waals surface area contributed by atoms with Gasteiger partial charge in [0.25, 0.3) is 0 Å². The van der Waals surface area contributed by atoms with Gasteiger partial charge >= 0.3 is 6.18 Å². The van der Waals surface area contributed by atoms with Crippen LogP contribution in [-0.2, 0) is 6.18 Å². The van der Waals surface area contributed by atoms with E-state index in [1.54, 1.807) is 4.90 Å². The highest BCUT2D eigenvalue weighted by atomic mass is 19.4. The fourth-order valence-corrected chi connectivity index (χ4v) is 1.96. The standard InChI is InChI=1S/C10H12F3N3O/c11-10(12,13)8-3-4-9(15-14-8)16-5-1-2-7(16)6-17/h3-4,7,17H,1-2,5-6H2/t7-/m1/s1. The molecule has 7 heteroatoms. The largest absolute Gasteiger partial charge is 0.435 e. The average Bonchev–Trinajstić information content (AvgIpc) is 2.76. The molecule has 1 aromatic heterocycles. The quantitative estimate of drug-likeness (QED) is 0.859. The third-order valence-electron chi connectivity index (χ3n) is 2.82. The smallest absolute Gasteiger partial charge is 0.394 e. The van der Waals surface area contributed by atoms with Crippen LogP contribution in [0.2, 0.25) is 0 Å². The van der Waals surface area contributed by atoms with Gasteiger partial charge in [0.1, 0.15) is 0 Å². The summed E-state index contributed by atoms with van der Waals surface area (Å²) in [5.41, 5.74) is -0.999. The van der Waals surface area contributed by atoms with Gasteiger partial charge < -0.3 is 10.0 Å². The highest BCUT2D eigenvalue weighted by molar-refractivity contribution is 5.40. The minimum atomic E-state index is -4.47. The first-order valence-electron chi connectivity index (χ1n) is 5.31. The van der Waals surface area contributed by atoms with Crippen molar-refractivity contribution in [3.63, 3.8) is 0 Å². The Hall–Kier alpha value is -1.37. The lowest BCUT2D eigenvalue weighted by Gasteiger charge is -2.23. The summed E-state index contributed by atoms with van der Waals surface area (Å²) in [6.45, 7) is 0.661. The molecule has 1 atom stereocenters. The Bertz CT molecular complexity index is 379. The minimum absolute atomic E-state index is 0.0251. The zero-order valence-electron chi connectivity index (χ0n) is 8.98. The van der Waals surface area contributed by atoms with Crippen LogP contribution in [0.15, 0.2) is 12.1 Å². The lowest BCUT2D eigenvalue weighted by atomic mass is 10.2. The van der Waals surface area contributed by atoms with Gasteiger partial charge in [-0.1, -0.05) is 0 Å². The Labute approximate surface area is 96.1 Å². The van der Waals surface area contributed by atoms with Crippen molar-refractivity contribution >= 4 is 5.82 Å². The van der Waals surface area contributed by atoms with Crippen molar-refractivity contribution in [2.45, 2.75) is 25.1 Å². The molecular weight excluding hydrogens is 235 g/mol. The van der Waals surface area contributed by atoms with Crippen LogP contribution in [0.5, 0.6) is 0 Å². The number of nitrogens with zero attached hydrogens (tertiary/aromatic N) is 3. The lowest BCUT2D eigenvalue weighted by Crippen LogP contribution is -2.33. The second kappa shape index (κ2) is 4.48. The molecule has 94 valence electrons. The Balaban J connectivity index is 2.18. The van der Waals surface area contributed by atoms with E-state index in [9.17, 15) is 13.2 Å².